The molecule has 0 aliphatic carbocycles. The summed E-state index contributed by atoms with van der Waals surface area (Å²) < 4.78 is 35.6. The van der Waals surface area contributed by atoms with E-state index in [1.807, 2.05) is 30.3 Å². The second kappa shape index (κ2) is 9.58. The van der Waals surface area contributed by atoms with Crippen LogP contribution in [0.15, 0.2) is 54.6 Å². The Bertz CT molecular complexity index is 1070. The Kier molecular flexibility index (Phi) is 6.67. The van der Waals surface area contributed by atoms with Gasteiger partial charge in [-0.05, 0) is 23.1 Å². The van der Waals surface area contributed by atoms with E-state index in [2.05, 4.69) is 16.6 Å². The van der Waals surface area contributed by atoms with Crippen molar-refractivity contribution < 1.29 is 28.1 Å². The van der Waals surface area contributed by atoms with Crippen LogP contribution in [0.3, 0.4) is 0 Å². The van der Waals surface area contributed by atoms with Crippen LogP contribution in [-0.4, -0.2) is 27.0 Å². The Hall–Kier alpha value is -3.56. The van der Waals surface area contributed by atoms with E-state index in [0.29, 0.717) is 22.3 Å². The van der Waals surface area contributed by atoms with Crippen LogP contribution in [0.2, 0.25) is 0 Å². The SMILES string of the molecule is COCOc1cc(OCc2ccccc2)c2c(C#CC(=O)OC)c(F)ccc2c1. The van der Waals surface area contributed by atoms with Gasteiger partial charge in [-0.3, -0.25) is 0 Å². The van der Waals surface area contributed by atoms with Gasteiger partial charge in [0.15, 0.2) is 6.79 Å². The molecule has 0 atom stereocenters. The summed E-state index contributed by atoms with van der Waals surface area (Å²) in [5, 5.41) is 1.10. The van der Waals surface area contributed by atoms with E-state index in [-0.39, 0.29) is 19.0 Å². The van der Waals surface area contributed by atoms with E-state index in [4.69, 9.17) is 14.2 Å². The smallest absolute Gasteiger partial charge is 0.384 e. The number of halogens is 1. The lowest BCUT2D eigenvalue weighted by atomic mass is 10.0. The van der Waals surface area contributed by atoms with Gasteiger partial charge in [0.05, 0.1) is 12.7 Å². The molecular formula is C23H19FO5. The molecule has 0 unspecified atom stereocenters. The molecule has 3 rings (SSSR count). The molecule has 3 aromatic carbocycles. The van der Waals surface area contributed by atoms with E-state index in [9.17, 15) is 9.18 Å². The molecule has 0 N–H and O–H groups in total. The maximum Gasteiger partial charge on any atom is 0.384 e. The van der Waals surface area contributed by atoms with Crippen LogP contribution >= 0.6 is 0 Å². The summed E-state index contributed by atoms with van der Waals surface area (Å²) in [7, 11) is 2.73. The van der Waals surface area contributed by atoms with E-state index in [1.54, 1.807) is 18.2 Å². The topological polar surface area (TPSA) is 54.0 Å². The van der Waals surface area contributed by atoms with Crippen LogP contribution in [-0.2, 0) is 20.9 Å². The lowest BCUT2D eigenvalue weighted by Gasteiger charge is -2.14. The minimum absolute atomic E-state index is 0.0502. The van der Waals surface area contributed by atoms with Crippen LogP contribution < -0.4 is 9.47 Å². The van der Waals surface area contributed by atoms with Crippen molar-refractivity contribution in [1.82, 2.24) is 0 Å². The van der Waals surface area contributed by atoms with Crippen LogP contribution in [0.5, 0.6) is 11.5 Å². The van der Waals surface area contributed by atoms with Gasteiger partial charge in [-0.25, -0.2) is 9.18 Å². The number of hydrogen-bond acceptors (Lipinski definition) is 5. The second-order valence-electron chi connectivity index (χ2n) is 6.01. The van der Waals surface area contributed by atoms with Crippen molar-refractivity contribution in [2.24, 2.45) is 0 Å². The predicted octanol–water partition coefficient (Wildman–Crippen LogP) is 4.07. The molecule has 5 nitrogen and oxygen atoms in total. The summed E-state index contributed by atoms with van der Waals surface area (Å²) in [5.74, 6) is 4.40. The number of esters is 1. The molecule has 148 valence electrons. The Morgan fingerprint density at radius 3 is 2.55 bits per heavy atom. The van der Waals surface area contributed by atoms with Crippen LogP contribution in [0.25, 0.3) is 10.8 Å². The normalized spacial score (nSPS) is 10.2. The summed E-state index contributed by atoms with van der Waals surface area (Å²) in [5.41, 5.74) is 0.997. The molecule has 0 heterocycles. The fraction of sp³-hybridized carbons (Fsp3) is 0.174. The Balaban J connectivity index is 2.10. The van der Waals surface area contributed by atoms with Gasteiger partial charge in [0, 0.05) is 24.5 Å². The molecule has 0 saturated heterocycles. The summed E-state index contributed by atoms with van der Waals surface area (Å²) in [6.07, 6.45) is 0. The monoisotopic (exact) mass is 394 g/mol. The summed E-state index contributed by atoms with van der Waals surface area (Å²) in [6, 6.07) is 15.8. The molecule has 0 radical (unpaired) electrons. The van der Waals surface area contributed by atoms with E-state index >= 15 is 0 Å². The number of benzene rings is 3. The number of ether oxygens (including phenoxy) is 4. The lowest BCUT2D eigenvalue weighted by Crippen LogP contribution is -2.02. The summed E-state index contributed by atoms with van der Waals surface area (Å²) >= 11 is 0. The lowest BCUT2D eigenvalue weighted by molar-refractivity contribution is -0.133. The Morgan fingerprint density at radius 1 is 1.03 bits per heavy atom. The van der Waals surface area contributed by atoms with Crippen molar-refractivity contribution in [3.8, 4) is 23.3 Å². The van der Waals surface area contributed by atoms with E-state index in [0.717, 1.165) is 5.56 Å². The molecule has 0 saturated carbocycles. The highest BCUT2D eigenvalue weighted by molar-refractivity contribution is 5.97. The zero-order valence-corrected chi connectivity index (χ0v) is 16.0. The van der Waals surface area contributed by atoms with Gasteiger partial charge in [-0.15, -0.1) is 0 Å². The number of carbonyl (C=O) groups excluding carboxylic acids is 1. The summed E-state index contributed by atoms with van der Waals surface area (Å²) in [6.45, 7) is 0.323. The Morgan fingerprint density at radius 2 is 1.83 bits per heavy atom. The van der Waals surface area contributed by atoms with Crippen molar-refractivity contribution in [1.29, 1.82) is 0 Å². The maximum atomic E-state index is 14.6. The number of fused-ring (bicyclic) bond motifs is 1. The molecule has 0 aliphatic heterocycles. The van der Waals surface area contributed by atoms with Crippen molar-refractivity contribution >= 4 is 16.7 Å². The van der Waals surface area contributed by atoms with Gasteiger partial charge in [0.1, 0.15) is 23.9 Å². The number of carbonyl (C=O) groups is 1. The number of rotatable bonds is 6. The number of methoxy groups -OCH3 is 2. The van der Waals surface area contributed by atoms with Gasteiger partial charge < -0.3 is 18.9 Å². The van der Waals surface area contributed by atoms with E-state index < -0.39 is 11.8 Å². The first-order chi connectivity index (χ1) is 14.1. The highest BCUT2D eigenvalue weighted by Gasteiger charge is 2.14. The largest absolute Gasteiger partial charge is 0.488 e. The van der Waals surface area contributed by atoms with Crippen LogP contribution in [0.1, 0.15) is 11.1 Å². The minimum Gasteiger partial charge on any atom is -0.488 e. The maximum absolute atomic E-state index is 14.6. The van der Waals surface area contributed by atoms with E-state index in [1.165, 1.54) is 20.3 Å². The van der Waals surface area contributed by atoms with Gasteiger partial charge in [0.25, 0.3) is 0 Å². The standard InChI is InChI=1S/C23H19FO5/c1-26-15-29-18-12-17-8-10-20(24)19(9-11-22(25)27-2)23(17)21(13-18)28-14-16-6-4-3-5-7-16/h3-8,10,12-13H,14-15H2,1-2H3. The average molecular weight is 394 g/mol. The van der Waals surface area contributed by atoms with Crippen molar-refractivity contribution in [2.45, 2.75) is 6.61 Å². The zero-order chi connectivity index (χ0) is 20.6. The number of hydrogen-bond donors (Lipinski definition) is 0. The first-order valence-corrected chi connectivity index (χ1v) is 8.77. The molecule has 0 fully saturated rings. The first-order valence-electron chi connectivity index (χ1n) is 8.77. The zero-order valence-electron chi connectivity index (χ0n) is 16.0. The highest BCUT2D eigenvalue weighted by atomic mass is 19.1. The van der Waals surface area contributed by atoms with Gasteiger partial charge in [0.2, 0.25) is 0 Å². The molecule has 0 aliphatic rings. The molecule has 3 aromatic rings. The molecular weight excluding hydrogens is 375 g/mol. The molecule has 0 spiro atoms. The summed E-state index contributed by atoms with van der Waals surface area (Å²) in [4.78, 5) is 11.4. The fourth-order valence-electron chi connectivity index (χ4n) is 2.72. The third-order valence-corrected chi connectivity index (χ3v) is 4.06. The third-order valence-electron chi connectivity index (χ3n) is 4.06. The van der Waals surface area contributed by atoms with Crippen molar-refractivity contribution in [2.75, 3.05) is 21.0 Å². The average Bonchev–Trinajstić information content (AvgIpc) is 2.75. The molecule has 29 heavy (non-hydrogen) atoms. The quantitative estimate of drug-likeness (QED) is 0.358. The third kappa shape index (κ3) is 5.03. The first kappa shape index (κ1) is 20.2. The molecule has 0 aromatic heterocycles. The van der Waals surface area contributed by atoms with Gasteiger partial charge in [-0.2, -0.15) is 0 Å². The molecule has 0 amide bonds. The van der Waals surface area contributed by atoms with Gasteiger partial charge in [-0.1, -0.05) is 42.3 Å². The van der Waals surface area contributed by atoms with Crippen molar-refractivity contribution in [3.63, 3.8) is 0 Å². The highest BCUT2D eigenvalue weighted by Crippen LogP contribution is 2.35. The second-order valence-corrected chi connectivity index (χ2v) is 6.01. The fourth-order valence-corrected chi connectivity index (χ4v) is 2.72. The minimum atomic E-state index is -0.756. The van der Waals surface area contributed by atoms with Crippen LogP contribution in [0.4, 0.5) is 4.39 Å². The molecule has 0 bridgehead atoms. The predicted molar refractivity (Wildman–Crippen MR) is 106 cm³/mol. The molecule has 6 heteroatoms. The van der Waals surface area contributed by atoms with Gasteiger partial charge >= 0.3 is 5.97 Å². The van der Waals surface area contributed by atoms with Crippen molar-refractivity contribution in [3.05, 3.63) is 71.5 Å². The van der Waals surface area contributed by atoms with Crippen LogP contribution in [0, 0.1) is 17.7 Å². The Labute approximate surface area is 168 Å².